The minimum Gasteiger partial charge on any atom is -0.484 e. The van der Waals surface area contributed by atoms with E-state index in [9.17, 15) is 18.0 Å². The first-order valence-electron chi connectivity index (χ1n) is 7.66. The molecule has 1 aliphatic heterocycles. The summed E-state index contributed by atoms with van der Waals surface area (Å²) in [6.45, 7) is 4.91. The Labute approximate surface area is 138 Å². The highest BCUT2D eigenvalue weighted by molar-refractivity contribution is 5.90. The number of carbonyl (C=O) groups excluding carboxylic acids is 1. The number of benzene rings is 1. The lowest BCUT2D eigenvalue weighted by atomic mass is 10.2. The topological polar surface area (TPSA) is 50.8 Å². The standard InChI is InChI=1S/C16H21F3N2O3/c1-10-7-21(8-11(2)24-10)15(22)20-13-5-4-6-14(12(13)3)23-9-16(17,18)19/h4-6,10-11H,7-9H2,1-3H3,(H,20,22)/t10-,11+. The summed E-state index contributed by atoms with van der Waals surface area (Å²) >= 11 is 0. The first-order chi connectivity index (χ1) is 11.2. The molecule has 1 fully saturated rings. The molecule has 0 spiro atoms. The molecule has 2 rings (SSSR count). The number of ether oxygens (including phenoxy) is 2. The van der Waals surface area contributed by atoms with Gasteiger partial charge in [0.15, 0.2) is 6.61 Å². The average Bonchev–Trinajstić information content (AvgIpc) is 2.46. The lowest BCUT2D eigenvalue weighted by Crippen LogP contribution is -2.49. The van der Waals surface area contributed by atoms with Gasteiger partial charge in [0.1, 0.15) is 5.75 Å². The molecule has 1 aromatic carbocycles. The van der Waals surface area contributed by atoms with Crippen molar-refractivity contribution in [1.29, 1.82) is 0 Å². The van der Waals surface area contributed by atoms with Crippen molar-refractivity contribution in [2.24, 2.45) is 0 Å². The van der Waals surface area contributed by atoms with Crippen LogP contribution in [0.2, 0.25) is 0 Å². The summed E-state index contributed by atoms with van der Waals surface area (Å²) in [6.07, 6.45) is -4.55. The molecular weight excluding hydrogens is 325 g/mol. The monoisotopic (exact) mass is 346 g/mol. The average molecular weight is 346 g/mol. The Morgan fingerprint density at radius 2 is 1.96 bits per heavy atom. The molecule has 0 unspecified atom stereocenters. The zero-order valence-corrected chi connectivity index (χ0v) is 13.8. The number of morpholine rings is 1. The highest BCUT2D eigenvalue weighted by Gasteiger charge is 2.29. The van der Waals surface area contributed by atoms with E-state index in [2.05, 4.69) is 5.32 Å². The molecule has 24 heavy (non-hydrogen) atoms. The third-order valence-corrected chi connectivity index (χ3v) is 3.62. The van der Waals surface area contributed by atoms with Gasteiger partial charge in [-0.2, -0.15) is 13.2 Å². The maximum absolute atomic E-state index is 12.4. The quantitative estimate of drug-likeness (QED) is 0.910. The molecule has 0 radical (unpaired) electrons. The van der Waals surface area contributed by atoms with Crippen LogP contribution in [0.15, 0.2) is 18.2 Å². The van der Waals surface area contributed by atoms with Gasteiger partial charge in [0.05, 0.1) is 12.2 Å². The Morgan fingerprint density at radius 3 is 2.54 bits per heavy atom. The lowest BCUT2D eigenvalue weighted by molar-refractivity contribution is -0.153. The summed E-state index contributed by atoms with van der Waals surface area (Å²) in [7, 11) is 0. The summed E-state index contributed by atoms with van der Waals surface area (Å²) in [6, 6.07) is 4.29. The number of carbonyl (C=O) groups is 1. The molecule has 2 amide bonds. The molecule has 8 heteroatoms. The number of halogens is 3. The summed E-state index contributed by atoms with van der Waals surface area (Å²) in [5.41, 5.74) is 0.871. The summed E-state index contributed by atoms with van der Waals surface area (Å²) < 4.78 is 47.2. The SMILES string of the molecule is Cc1c(NC(=O)N2C[C@@H](C)O[C@@H](C)C2)cccc1OCC(F)(F)F. The molecule has 1 N–H and O–H groups in total. The number of rotatable bonds is 3. The number of amides is 2. The van der Waals surface area contributed by atoms with E-state index < -0.39 is 12.8 Å². The van der Waals surface area contributed by atoms with Crippen molar-refractivity contribution in [3.05, 3.63) is 23.8 Å². The van der Waals surface area contributed by atoms with Crippen LogP contribution in [0.3, 0.4) is 0 Å². The van der Waals surface area contributed by atoms with E-state index in [1.54, 1.807) is 24.0 Å². The normalized spacial score (nSPS) is 21.5. The third-order valence-electron chi connectivity index (χ3n) is 3.62. The Bertz CT molecular complexity index is 582. The van der Waals surface area contributed by atoms with Gasteiger partial charge >= 0.3 is 12.2 Å². The van der Waals surface area contributed by atoms with Gasteiger partial charge in [-0.25, -0.2) is 4.79 Å². The van der Waals surface area contributed by atoms with Gasteiger partial charge in [0.25, 0.3) is 0 Å². The Morgan fingerprint density at radius 1 is 1.33 bits per heavy atom. The molecular formula is C16H21F3N2O3. The van der Waals surface area contributed by atoms with Crippen LogP contribution < -0.4 is 10.1 Å². The fourth-order valence-electron chi connectivity index (χ4n) is 2.60. The van der Waals surface area contributed by atoms with Crippen molar-refractivity contribution in [2.45, 2.75) is 39.2 Å². The smallest absolute Gasteiger partial charge is 0.422 e. The van der Waals surface area contributed by atoms with Crippen LogP contribution in [0.25, 0.3) is 0 Å². The van der Waals surface area contributed by atoms with E-state index in [1.165, 1.54) is 6.07 Å². The van der Waals surface area contributed by atoms with Gasteiger partial charge in [-0.15, -0.1) is 0 Å². The second-order valence-corrected chi connectivity index (χ2v) is 5.93. The number of alkyl halides is 3. The van der Waals surface area contributed by atoms with Crippen LogP contribution in [-0.2, 0) is 4.74 Å². The summed E-state index contributed by atoms with van der Waals surface area (Å²) in [5.74, 6) is 0.0915. The Hall–Kier alpha value is -1.96. The van der Waals surface area contributed by atoms with Gasteiger partial charge in [-0.3, -0.25) is 0 Å². The fourth-order valence-corrected chi connectivity index (χ4v) is 2.60. The zero-order valence-electron chi connectivity index (χ0n) is 13.8. The molecule has 134 valence electrons. The highest BCUT2D eigenvalue weighted by Crippen LogP contribution is 2.27. The maximum atomic E-state index is 12.4. The molecule has 1 heterocycles. The first-order valence-corrected chi connectivity index (χ1v) is 7.66. The van der Waals surface area contributed by atoms with Crippen molar-refractivity contribution < 1.29 is 27.4 Å². The number of hydrogen-bond acceptors (Lipinski definition) is 3. The molecule has 0 bridgehead atoms. The molecule has 1 aliphatic rings. The van der Waals surface area contributed by atoms with Crippen LogP contribution in [0.5, 0.6) is 5.75 Å². The van der Waals surface area contributed by atoms with E-state index in [0.717, 1.165) is 0 Å². The second kappa shape index (κ2) is 7.29. The molecule has 0 aliphatic carbocycles. The van der Waals surface area contributed by atoms with Crippen molar-refractivity contribution in [3.63, 3.8) is 0 Å². The number of nitrogens with one attached hydrogen (secondary N) is 1. The molecule has 1 aromatic rings. The summed E-state index contributed by atoms with van der Waals surface area (Å²) in [4.78, 5) is 14.0. The van der Waals surface area contributed by atoms with E-state index >= 15 is 0 Å². The van der Waals surface area contributed by atoms with E-state index in [0.29, 0.717) is 24.3 Å². The zero-order chi connectivity index (χ0) is 17.9. The number of hydrogen-bond donors (Lipinski definition) is 1. The lowest BCUT2D eigenvalue weighted by Gasteiger charge is -2.35. The number of urea groups is 1. The van der Waals surface area contributed by atoms with Crippen LogP contribution in [0, 0.1) is 6.92 Å². The molecule has 0 saturated carbocycles. The highest BCUT2D eigenvalue weighted by atomic mass is 19.4. The second-order valence-electron chi connectivity index (χ2n) is 5.93. The van der Waals surface area contributed by atoms with E-state index in [-0.39, 0.29) is 24.0 Å². The predicted molar refractivity (Wildman–Crippen MR) is 83.3 cm³/mol. The van der Waals surface area contributed by atoms with Gasteiger partial charge in [-0.05, 0) is 32.9 Å². The van der Waals surface area contributed by atoms with Gasteiger partial charge < -0.3 is 19.7 Å². The minimum atomic E-state index is -4.41. The van der Waals surface area contributed by atoms with Crippen LogP contribution in [0.1, 0.15) is 19.4 Å². The third kappa shape index (κ3) is 5.02. The minimum absolute atomic E-state index is 0.0675. The van der Waals surface area contributed by atoms with Crippen molar-refractivity contribution in [2.75, 3.05) is 25.0 Å². The van der Waals surface area contributed by atoms with E-state index in [4.69, 9.17) is 9.47 Å². The first kappa shape index (κ1) is 18.4. The number of anilines is 1. The predicted octanol–water partition coefficient (Wildman–Crippen LogP) is 3.58. The van der Waals surface area contributed by atoms with Crippen LogP contribution in [-0.4, -0.2) is 49.0 Å². The van der Waals surface area contributed by atoms with Crippen LogP contribution >= 0.6 is 0 Å². The number of nitrogens with zero attached hydrogens (tertiary/aromatic N) is 1. The Balaban J connectivity index is 2.05. The molecule has 2 atom stereocenters. The Kier molecular flexibility index (Phi) is 5.58. The van der Waals surface area contributed by atoms with Gasteiger partial charge in [0, 0.05) is 24.3 Å². The van der Waals surface area contributed by atoms with Gasteiger partial charge in [0.2, 0.25) is 0 Å². The van der Waals surface area contributed by atoms with Crippen LogP contribution in [0.4, 0.5) is 23.7 Å². The molecule has 1 saturated heterocycles. The fraction of sp³-hybridized carbons (Fsp3) is 0.562. The largest absolute Gasteiger partial charge is 0.484 e. The molecule has 5 nitrogen and oxygen atoms in total. The van der Waals surface area contributed by atoms with Crippen molar-refractivity contribution in [3.8, 4) is 5.75 Å². The van der Waals surface area contributed by atoms with Crippen molar-refractivity contribution >= 4 is 11.7 Å². The van der Waals surface area contributed by atoms with E-state index in [1.807, 2.05) is 13.8 Å². The maximum Gasteiger partial charge on any atom is 0.422 e. The van der Waals surface area contributed by atoms with Gasteiger partial charge in [-0.1, -0.05) is 6.07 Å². The molecule has 0 aromatic heterocycles. The van der Waals surface area contributed by atoms with Crippen molar-refractivity contribution in [1.82, 2.24) is 4.90 Å². The summed E-state index contributed by atoms with van der Waals surface area (Å²) in [5, 5.41) is 2.73.